The van der Waals surface area contributed by atoms with Crippen molar-refractivity contribution < 1.29 is 9.47 Å². The fraction of sp³-hybridized carbons (Fsp3) is 0.375. The average Bonchev–Trinajstić information content (AvgIpc) is 2.68. The molecule has 11 heavy (non-hydrogen) atoms. The molecule has 0 aromatic carbocycles. The van der Waals surface area contributed by atoms with E-state index in [4.69, 9.17) is 4.74 Å². The molecule has 0 aliphatic carbocycles. The van der Waals surface area contributed by atoms with Crippen LogP contribution in [0.1, 0.15) is 18.7 Å². The summed E-state index contributed by atoms with van der Waals surface area (Å²) in [6.07, 6.45) is 1.72. The van der Waals surface area contributed by atoms with E-state index in [9.17, 15) is 5.21 Å². The minimum Gasteiger partial charge on any atom is -0.618 e. The lowest BCUT2D eigenvalue weighted by molar-refractivity contribution is -0.615. The van der Waals surface area contributed by atoms with Crippen LogP contribution in [0.4, 0.5) is 0 Å². The van der Waals surface area contributed by atoms with Gasteiger partial charge < -0.3 is 9.94 Å². The molecule has 0 unspecified atom stereocenters. The van der Waals surface area contributed by atoms with E-state index in [1.807, 2.05) is 13.0 Å². The molecule has 1 aliphatic heterocycles. The van der Waals surface area contributed by atoms with Gasteiger partial charge in [0.25, 0.3) is 0 Å². The smallest absolute Gasteiger partial charge is 0.224 e. The number of aromatic nitrogens is 1. The zero-order valence-electron chi connectivity index (χ0n) is 6.23. The molecular formula is C8H9NO2. The van der Waals surface area contributed by atoms with Crippen LogP contribution in [-0.4, -0.2) is 6.10 Å². The lowest BCUT2D eigenvalue weighted by atomic mass is 10.2. The van der Waals surface area contributed by atoms with Gasteiger partial charge in [0.05, 0.1) is 6.10 Å². The Bertz CT molecular complexity index is 275. The summed E-state index contributed by atoms with van der Waals surface area (Å²) >= 11 is 0. The predicted molar refractivity (Wildman–Crippen MR) is 38.7 cm³/mol. The second-order valence-corrected chi connectivity index (χ2v) is 2.71. The van der Waals surface area contributed by atoms with Crippen LogP contribution in [0.25, 0.3) is 0 Å². The van der Waals surface area contributed by atoms with Gasteiger partial charge in [0.1, 0.15) is 0 Å². The molecule has 3 nitrogen and oxygen atoms in total. The minimum atomic E-state index is 0.0219. The van der Waals surface area contributed by atoms with Gasteiger partial charge in [-0.15, -0.1) is 0 Å². The standard InChI is InChI=1S/C8H9NO2/c1-6-8(11-6)7-4-2-3-5-9(7)10/h2-6,8H,1H3/t6-,8-/m0/s1. The van der Waals surface area contributed by atoms with E-state index < -0.39 is 0 Å². The van der Waals surface area contributed by atoms with Crippen molar-refractivity contribution in [3.63, 3.8) is 0 Å². The van der Waals surface area contributed by atoms with Crippen molar-refractivity contribution in [1.82, 2.24) is 0 Å². The van der Waals surface area contributed by atoms with Crippen LogP contribution in [0.3, 0.4) is 0 Å². The van der Waals surface area contributed by atoms with E-state index in [1.165, 1.54) is 6.20 Å². The van der Waals surface area contributed by atoms with E-state index in [-0.39, 0.29) is 12.2 Å². The number of rotatable bonds is 1. The molecule has 1 saturated heterocycles. The molecule has 0 amide bonds. The summed E-state index contributed by atoms with van der Waals surface area (Å²) in [5.74, 6) is 0. The van der Waals surface area contributed by atoms with Gasteiger partial charge in [0.15, 0.2) is 12.3 Å². The fourth-order valence-electron chi connectivity index (χ4n) is 1.16. The maximum Gasteiger partial charge on any atom is 0.224 e. The van der Waals surface area contributed by atoms with Gasteiger partial charge in [0, 0.05) is 12.1 Å². The van der Waals surface area contributed by atoms with E-state index in [1.54, 1.807) is 12.1 Å². The SMILES string of the molecule is C[C@@H]1O[C@@H]1c1cccc[n+]1[O-]. The van der Waals surface area contributed by atoms with Crippen LogP contribution in [0, 0.1) is 5.21 Å². The normalized spacial score (nSPS) is 28.5. The Kier molecular flexibility index (Phi) is 1.32. The second-order valence-electron chi connectivity index (χ2n) is 2.71. The van der Waals surface area contributed by atoms with Crippen molar-refractivity contribution in [3.05, 3.63) is 35.3 Å². The summed E-state index contributed by atoms with van der Waals surface area (Å²) in [5, 5.41) is 11.1. The molecule has 0 N–H and O–H groups in total. The van der Waals surface area contributed by atoms with Crippen LogP contribution in [0.15, 0.2) is 24.4 Å². The van der Waals surface area contributed by atoms with Gasteiger partial charge in [-0.2, -0.15) is 4.73 Å². The molecule has 1 aliphatic rings. The van der Waals surface area contributed by atoms with Crippen molar-refractivity contribution in [2.24, 2.45) is 0 Å². The summed E-state index contributed by atoms with van der Waals surface area (Å²) in [7, 11) is 0. The Morgan fingerprint density at radius 3 is 2.82 bits per heavy atom. The first-order chi connectivity index (χ1) is 5.29. The van der Waals surface area contributed by atoms with Crippen LogP contribution in [-0.2, 0) is 4.74 Å². The van der Waals surface area contributed by atoms with Gasteiger partial charge in [-0.25, -0.2) is 0 Å². The third-order valence-corrected chi connectivity index (χ3v) is 1.86. The van der Waals surface area contributed by atoms with Crippen LogP contribution in [0.2, 0.25) is 0 Å². The van der Waals surface area contributed by atoms with Gasteiger partial charge in [-0.05, 0) is 13.0 Å². The Hall–Kier alpha value is -1.09. The first-order valence-corrected chi connectivity index (χ1v) is 3.62. The molecule has 2 atom stereocenters. The second kappa shape index (κ2) is 2.20. The molecule has 0 radical (unpaired) electrons. The highest BCUT2D eigenvalue weighted by atomic mass is 16.6. The maximum absolute atomic E-state index is 11.1. The number of hydrogen-bond acceptors (Lipinski definition) is 2. The van der Waals surface area contributed by atoms with Gasteiger partial charge in [-0.3, -0.25) is 0 Å². The molecule has 3 heteroatoms. The molecule has 1 aromatic rings. The first kappa shape index (κ1) is 6.61. The first-order valence-electron chi connectivity index (χ1n) is 3.62. The van der Waals surface area contributed by atoms with Crippen molar-refractivity contribution in [3.8, 4) is 0 Å². The minimum absolute atomic E-state index is 0.0219. The highest BCUT2D eigenvalue weighted by Gasteiger charge is 2.41. The topological polar surface area (TPSA) is 39.5 Å². The number of epoxide rings is 1. The third-order valence-electron chi connectivity index (χ3n) is 1.86. The average molecular weight is 151 g/mol. The Morgan fingerprint density at radius 1 is 1.55 bits per heavy atom. The Labute approximate surface area is 64.8 Å². The summed E-state index contributed by atoms with van der Waals surface area (Å²) in [5.41, 5.74) is 0.708. The summed E-state index contributed by atoms with van der Waals surface area (Å²) in [6, 6.07) is 5.35. The number of hydrogen-bond donors (Lipinski definition) is 0. The summed E-state index contributed by atoms with van der Waals surface area (Å²) in [4.78, 5) is 0. The van der Waals surface area contributed by atoms with E-state index in [0.717, 1.165) is 4.73 Å². The van der Waals surface area contributed by atoms with E-state index >= 15 is 0 Å². The molecule has 0 saturated carbocycles. The molecule has 0 spiro atoms. The van der Waals surface area contributed by atoms with Crippen molar-refractivity contribution in [1.29, 1.82) is 0 Å². The zero-order chi connectivity index (χ0) is 7.84. The molecule has 58 valence electrons. The van der Waals surface area contributed by atoms with Crippen molar-refractivity contribution in [2.75, 3.05) is 0 Å². The zero-order valence-corrected chi connectivity index (χ0v) is 6.23. The van der Waals surface area contributed by atoms with Crippen LogP contribution in [0.5, 0.6) is 0 Å². The summed E-state index contributed by atoms with van der Waals surface area (Å²) < 4.78 is 6.02. The van der Waals surface area contributed by atoms with Crippen LogP contribution < -0.4 is 4.73 Å². The molecule has 1 fully saturated rings. The molecular weight excluding hydrogens is 142 g/mol. The fourth-order valence-corrected chi connectivity index (χ4v) is 1.16. The van der Waals surface area contributed by atoms with E-state index in [2.05, 4.69) is 0 Å². The third kappa shape index (κ3) is 1.07. The highest BCUT2D eigenvalue weighted by molar-refractivity contribution is 5.07. The largest absolute Gasteiger partial charge is 0.618 e. The van der Waals surface area contributed by atoms with Gasteiger partial charge in [0.2, 0.25) is 5.69 Å². The lowest BCUT2D eigenvalue weighted by Gasteiger charge is -1.98. The Balaban J connectivity index is 2.31. The number of pyridine rings is 1. The molecule has 0 bridgehead atoms. The lowest BCUT2D eigenvalue weighted by Crippen LogP contribution is -2.30. The number of ether oxygens (including phenoxy) is 1. The summed E-state index contributed by atoms with van der Waals surface area (Å²) in [6.45, 7) is 1.96. The molecule has 1 aromatic heterocycles. The predicted octanol–water partition coefficient (Wildman–Crippen LogP) is 0.780. The van der Waals surface area contributed by atoms with Crippen LogP contribution >= 0.6 is 0 Å². The number of nitrogens with zero attached hydrogens (tertiary/aromatic N) is 1. The maximum atomic E-state index is 11.1. The van der Waals surface area contributed by atoms with Gasteiger partial charge in [-0.1, -0.05) is 0 Å². The highest BCUT2D eigenvalue weighted by Crippen LogP contribution is 2.35. The van der Waals surface area contributed by atoms with E-state index in [0.29, 0.717) is 5.69 Å². The quantitative estimate of drug-likeness (QED) is 0.338. The molecule has 2 heterocycles. The van der Waals surface area contributed by atoms with Crippen molar-refractivity contribution in [2.45, 2.75) is 19.1 Å². The van der Waals surface area contributed by atoms with Gasteiger partial charge >= 0.3 is 0 Å². The monoisotopic (exact) mass is 151 g/mol. The Morgan fingerprint density at radius 2 is 2.27 bits per heavy atom. The molecule has 2 rings (SSSR count). The van der Waals surface area contributed by atoms with Crippen molar-refractivity contribution >= 4 is 0 Å².